The van der Waals surface area contributed by atoms with Crippen LogP contribution in [-0.2, 0) is 6.54 Å². The Labute approximate surface area is 105 Å². The van der Waals surface area contributed by atoms with E-state index in [9.17, 15) is 0 Å². The Morgan fingerprint density at radius 2 is 2.20 bits per heavy atom. The van der Waals surface area contributed by atoms with Gasteiger partial charge in [0.25, 0.3) is 0 Å². The first-order valence-electron chi connectivity index (χ1n) is 5.28. The highest BCUT2D eigenvalue weighted by atomic mass is 79.9. The second kappa shape index (κ2) is 6.51. The van der Waals surface area contributed by atoms with Gasteiger partial charge in [-0.3, -0.25) is 0 Å². The lowest BCUT2D eigenvalue weighted by Gasteiger charge is -2.10. The molecular weight excluding hydrogens is 273 g/mol. The Morgan fingerprint density at radius 3 is 2.80 bits per heavy atom. The van der Waals surface area contributed by atoms with E-state index in [2.05, 4.69) is 47.2 Å². The Hall–Kier alpha value is -0.0500. The van der Waals surface area contributed by atoms with Crippen LogP contribution in [-0.4, -0.2) is 6.54 Å². The lowest BCUT2D eigenvalue weighted by molar-refractivity contribution is 0.500. The predicted octanol–water partition coefficient (Wildman–Crippen LogP) is 4.24. The molecule has 0 bridgehead atoms. The fraction of sp³-hybridized carbons (Fsp3) is 0.500. The molecular formula is C12H17BrClN. The minimum absolute atomic E-state index is 0.737. The zero-order valence-corrected chi connectivity index (χ0v) is 11.5. The highest BCUT2D eigenvalue weighted by molar-refractivity contribution is 9.10. The molecule has 1 atom stereocenters. The SMILES string of the molecule is CCC(C)CNCc1ccc(Cl)c(Br)c1. The first-order chi connectivity index (χ1) is 7.13. The van der Waals surface area contributed by atoms with Gasteiger partial charge in [0, 0.05) is 11.0 Å². The summed E-state index contributed by atoms with van der Waals surface area (Å²) in [7, 11) is 0. The summed E-state index contributed by atoms with van der Waals surface area (Å²) >= 11 is 9.34. The summed E-state index contributed by atoms with van der Waals surface area (Å²) in [6.07, 6.45) is 1.22. The molecule has 1 aromatic rings. The summed E-state index contributed by atoms with van der Waals surface area (Å²) in [4.78, 5) is 0. The standard InChI is InChI=1S/C12H17BrClN/c1-3-9(2)7-15-8-10-4-5-12(14)11(13)6-10/h4-6,9,15H,3,7-8H2,1-2H3. The number of rotatable bonds is 5. The van der Waals surface area contributed by atoms with Crippen molar-refractivity contribution in [3.8, 4) is 0 Å². The van der Waals surface area contributed by atoms with Crippen molar-refractivity contribution in [2.24, 2.45) is 5.92 Å². The van der Waals surface area contributed by atoms with Gasteiger partial charge in [-0.25, -0.2) is 0 Å². The van der Waals surface area contributed by atoms with Gasteiger partial charge in [0.15, 0.2) is 0 Å². The van der Waals surface area contributed by atoms with Crippen LogP contribution in [0, 0.1) is 5.92 Å². The minimum atomic E-state index is 0.737. The molecule has 0 aliphatic carbocycles. The van der Waals surface area contributed by atoms with Crippen molar-refractivity contribution in [2.75, 3.05) is 6.54 Å². The molecule has 0 saturated heterocycles. The van der Waals surface area contributed by atoms with Crippen LogP contribution in [0.2, 0.25) is 5.02 Å². The maximum Gasteiger partial charge on any atom is 0.0548 e. The molecule has 0 saturated carbocycles. The van der Waals surface area contributed by atoms with Gasteiger partial charge in [-0.2, -0.15) is 0 Å². The van der Waals surface area contributed by atoms with Crippen LogP contribution in [0.3, 0.4) is 0 Å². The number of benzene rings is 1. The second-order valence-electron chi connectivity index (χ2n) is 3.89. The van der Waals surface area contributed by atoms with E-state index in [1.54, 1.807) is 0 Å². The molecule has 84 valence electrons. The normalized spacial score (nSPS) is 12.8. The Bertz CT molecular complexity index is 314. The van der Waals surface area contributed by atoms with E-state index in [1.807, 2.05) is 6.07 Å². The molecule has 0 aliphatic rings. The number of hydrogen-bond acceptors (Lipinski definition) is 1. The van der Waals surface area contributed by atoms with Crippen molar-refractivity contribution in [3.05, 3.63) is 33.3 Å². The summed E-state index contributed by atoms with van der Waals surface area (Å²) in [5.41, 5.74) is 1.26. The molecule has 1 aromatic carbocycles. The molecule has 0 spiro atoms. The van der Waals surface area contributed by atoms with Crippen LogP contribution in [0.1, 0.15) is 25.8 Å². The lowest BCUT2D eigenvalue weighted by Crippen LogP contribution is -2.20. The van der Waals surface area contributed by atoms with E-state index in [-0.39, 0.29) is 0 Å². The van der Waals surface area contributed by atoms with Gasteiger partial charge in [-0.05, 0) is 46.1 Å². The zero-order valence-electron chi connectivity index (χ0n) is 9.19. The first-order valence-corrected chi connectivity index (χ1v) is 6.45. The van der Waals surface area contributed by atoms with Crippen molar-refractivity contribution in [1.82, 2.24) is 5.32 Å². The molecule has 1 unspecified atom stereocenters. The molecule has 0 heterocycles. The summed E-state index contributed by atoms with van der Waals surface area (Å²) in [5, 5.41) is 4.20. The van der Waals surface area contributed by atoms with Gasteiger partial charge in [0.05, 0.1) is 5.02 Å². The molecule has 0 fully saturated rings. The van der Waals surface area contributed by atoms with E-state index < -0.39 is 0 Å². The van der Waals surface area contributed by atoms with E-state index >= 15 is 0 Å². The Morgan fingerprint density at radius 1 is 1.47 bits per heavy atom. The summed E-state index contributed by atoms with van der Waals surface area (Å²) in [6, 6.07) is 6.04. The van der Waals surface area contributed by atoms with Crippen molar-refractivity contribution >= 4 is 27.5 Å². The minimum Gasteiger partial charge on any atom is -0.312 e. The number of nitrogens with one attached hydrogen (secondary N) is 1. The van der Waals surface area contributed by atoms with Crippen LogP contribution < -0.4 is 5.32 Å². The average molecular weight is 291 g/mol. The molecule has 0 amide bonds. The smallest absolute Gasteiger partial charge is 0.0548 e. The summed E-state index contributed by atoms with van der Waals surface area (Å²) in [6.45, 7) is 6.44. The van der Waals surface area contributed by atoms with E-state index in [1.165, 1.54) is 12.0 Å². The molecule has 1 N–H and O–H groups in total. The molecule has 0 radical (unpaired) electrons. The third-order valence-electron chi connectivity index (χ3n) is 2.50. The third kappa shape index (κ3) is 4.54. The van der Waals surface area contributed by atoms with Crippen molar-refractivity contribution in [2.45, 2.75) is 26.8 Å². The molecule has 15 heavy (non-hydrogen) atoms. The Balaban J connectivity index is 2.41. The van der Waals surface area contributed by atoms with Crippen LogP contribution in [0.5, 0.6) is 0 Å². The number of halogens is 2. The predicted molar refractivity (Wildman–Crippen MR) is 70.3 cm³/mol. The van der Waals surface area contributed by atoms with Crippen LogP contribution >= 0.6 is 27.5 Å². The number of hydrogen-bond donors (Lipinski definition) is 1. The topological polar surface area (TPSA) is 12.0 Å². The maximum atomic E-state index is 5.92. The van der Waals surface area contributed by atoms with Gasteiger partial charge in [-0.15, -0.1) is 0 Å². The Kier molecular flexibility index (Phi) is 5.65. The second-order valence-corrected chi connectivity index (χ2v) is 5.15. The highest BCUT2D eigenvalue weighted by Gasteiger charge is 2.00. The molecule has 1 nitrogen and oxygen atoms in total. The van der Waals surface area contributed by atoms with Crippen LogP contribution in [0.25, 0.3) is 0 Å². The maximum absolute atomic E-state index is 5.92. The summed E-state index contributed by atoms with van der Waals surface area (Å²) in [5.74, 6) is 0.737. The average Bonchev–Trinajstić information content (AvgIpc) is 2.23. The van der Waals surface area contributed by atoms with Gasteiger partial charge < -0.3 is 5.32 Å². The largest absolute Gasteiger partial charge is 0.312 e. The lowest BCUT2D eigenvalue weighted by atomic mass is 10.1. The van der Waals surface area contributed by atoms with Gasteiger partial charge in [-0.1, -0.05) is 37.9 Å². The fourth-order valence-electron chi connectivity index (χ4n) is 1.26. The van der Waals surface area contributed by atoms with Crippen molar-refractivity contribution < 1.29 is 0 Å². The highest BCUT2D eigenvalue weighted by Crippen LogP contribution is 2.23. The molecule has 3 heteroatoms. The van der Waals surface area contributed by atoms with Crippen molar-refractivity contribution in [1.29, 1.82) is 0 Å². The fourth-order valence-corrected chi connectivity index (χ4v) is 1.80. The van der Waals surface area contributed by atoms with Gasteiger partial charge in [0.2, 0.25) is 0 Å². The molecule has 0 aromatic heterocycles. The summed E-state index contributed by atoms with van der Waals surface area (Å²) < 4.78 is 0.965. The molecule has 0 aliphatic heterocycles. The van der Waals surface area contributed by atoms with E-state index in [4.69, 9.17) is 11.6 Å². The van der Waals surface area contributed by atoms with E-state index in [0.717, 1.165) is 28.5 Å². The zero-order chi connectivity index (χ0) is 11.3. The van der Waals surface area contributed by atoms with Crippen LogP contribution in [0.15, 0.2) is 22.7 Å². The molecule has 1 rings (SSSR count). The van der Waals surface area contributed by atoms with Crippen LogP contribution in [0.4, 0.5) is 0 Å². The first kappa shape index (κ1) is 13.0. The monoisotopic (exact) mass is 289 g/mol. The quantitative estimate of drug-likeness (QED) is 0.855. The van der Waals surface area contributed by atoms with E-state index in [0.29, 0.717) is 0 Å². The third-order valence-corrected chi connectivity index (χ3v) is 3.72. The van der Waals surface area contributed by atoms with Gasteiger partial charge in [0.1, 0.15) is 0 Å². The van der Waals surface area contributed by atoms with Crippen molar-refractivity contribution in [3.63, 3.8) is 0 Å². The van der Waals surface area contributed by atoms with Gasteiger partial charge >= 0.3 is 0 Å².